The molecule has 0 radical (unpaired) electrons. The van der Waals surface area contributed by atoms with E-state index in [1.807, 2.05) is 0 Å². The van der Waals surface area contributed by atoms with Gasteiger partial charge in [0.25, 0.3) is 0 Å². The van der Waals surface area contributed by atoms with Crippen LogP contribution in [0.5, 0.6) is 0 Å². The number of carbonyl (C=O) groups excluding carboxylic acids is 1. The van der Waals surface area contributed by atoms with Crippen LogP contribution in [0.4, 0.5) is 17.6 Å². The monoisotopic (exact) mass is 280 g/mol. The standard InChI is InChI=1S/C7H8F4O5S/c8-6(7(9,10)11,17(13,14)15)5(12)16-3-4-1-2-4/h4H,1-3H2,(H,13,14,15). The minimum atomic E-state index is -6.32. The van der Waals surface area contributed by atoms with Gasteiger partial charge in [0.05, 0.1) is 6.61 Å². The zero-order chi connectivity index (χ0) is 13.5. The van der Waals surface area contributed by atoms with E-state index in [1.54, 1.807) is 0 Å². The zero-order valence-corrected chi connectivity index (χ0v) is 9.02. The molecule has 100 valence electrons. The van der Waals surface area contributed by atoms with Gasteiger partial charge in [-0.05, 0) is 18.8 Å². The molecule has 0 heterocycles. The molecule has 17 heavy (non-hydrogen) atoms. The van der Waals surface area contributed by atoms with E-state index >= 15 is 0 Å². The molecule has 0 aromatic heterocycles. The number of hydrogen-bond donors (Lipinski definition) is 1. The van der Waals surface area contributed by atoms with Crippen molar-refractivity contribution in [3.8, 4) is 0 Å². The van der Waals surface area contributed by atoms with Gasteiger partial charge in [0.1, 0.15) is 0 Å². The van der Waals surface area contributed by atoms with Gasteiger partial charge in [-0.3, -0.25) is 4.55 Å². The molecular formula is C7H8F4O5S. The van der Waals surface area contributed by atoms with Crippen molar-refractivity contribution in [2.45, 2.75) is 24.0 Å². The van der Waals surface area contributed by atoms with Gasteiger partial charge < -0.3 is 4.74 Å². The van der Waals surface area contributed by atoms with Gasteiger partial charge in [0, 0.05) is 0 Å². The second-order valence-electron chi connectivity index (χ2n) is 3.61. The van der Waals surface area contributed by atoms with Gasteiger partial charge in [-0.15, -0.1) is 0 Å². The maximum absolute atomic E-state index is 13.2. The molecule has 0 aliphatic heterocycles. The first-order chi connectivity index (χ1) is 7.50. The van der Waals surface area contributed by atoms with Crippen LogP contribution in [0.25, 0.3) is 0 Å². The normalized spacial score (nSPS) is 20.8. The van der Waals surface area contributed by atoms with Crippen molar-refractivity contribution in [1.29, 1.82) is 0 Å². The molecular weight excluding hydrogens is 272 g/mol. The molecule has 0 spiro atoms. The topological polar surface area (TPSA) is 80.7 Å². The van der Waals surface area contributed by atoms with E-state index in [2.05, 4.69) is 4.74 Å². The molecule has 1 rings (SSSR count). The molecule has 1 atom stereocenters. The Morgan fingerprint density at radius 1 is 1.29 bits per heavy atom. The second-order valence-corrected chi connectivity index (χ2v) is 5.12. The molecule has 0 aromatic rings. The van der Waals surface area contributed by atoms with Crippen LogP contribution in [0, 0.1) is 5.92 Å². The highest BCUT2D eigenvalue weighted by Gasteiger charge is 2.72. The fourth-order valence-electron chi connectivity index (χ4n) is 0.938. The minimum Gasteiger partial charge on any atom is -0.462 e. The van der Waals surface area contributed by atoms with Crippen LogP contribution in [0.15, 0.2) is 0 Å². The predicted octanol–water partition coefficient (Wildman–Crippen LogP) is 1.06. The summed E-state index contributed by atoms with van der Waals surface area (Å²) in [6.07, 6.45) is -4.91. The Morgan fingerprint density at radius 2 is 1.76 bits per heavy atom. The molecule has 1 saturated carbocycles. The van der Waals surface area contributed by atoms with E-state index in [9.17, 15) is 30.8 Å². The number of ether oxygens (including phenoxy) is 1. The van der Waals surface area contributed by atoms with E-state index in [1.165, 1.54) is 0 Å². The molecule has 10 heteroatoms. The largest absolute Gasteiger partial charge is 0.462 e. The van der Waals surface area contributed by atoms with E-state index in [0.29, 0.717) is 12.8 Å². The Morgan fingerprint density at radius 3 is 2.06 bits per heavy atom. The third-order valence-corrected chi connectivity index (χ3v) is 3.24. The highest BCUT2D eigenvalue weighted by molar-refractivity contribution is 7.88. The molecule has 1 fully saturated rings. The molecule has 0 aromatic carbocycles. The lowest BCUT2D eigenvalue weighted by atomic mass is 10.3. The summed E-state index contributed by atoms with van der Waals surface area (Å²) in [7, 11) is -6.32. The number of carbonyl (C=O) groups is 1. The first kappa shape index (κ1) is 14.2. The first-order valence-electron chi connectivity index (χ1n) is 4.40. The first-order valence-corrected chi connectivity index (χ1v) is 5.84. The number of hydrogen-bond acceptors (Lipinski definition) is 4. The molecule has 1 N–H and O–H groups in total. The van der Waals surface area contributed by atoms with Crippen LogP contribution in [0.1, 0.15) is 12.8 Å². The quantitative estimate of drug-likeness (QED) is 0.473. The number of halogens is 4. The van der Waals surface area contributed by atoms with Crippen molar-refractivity contribution in [1.82, 2.24) is 0 Å². The lowest BCUT2D eigenvalue weighted by Crippen LogP contribution is -2.55. The summed E-state index contributed by atoms with van der Waals surface area (Å²) in [5, 5.41) is -5.44. The van der Waals surface area contributed by atoms with Crippen molar-refractivity contribution in [2.24, 2.45) is 5.92 Å². The van der Waals surface area contributed by atoms with Crippen LogP contribution in [0.2, 0.25) is 0 Å². The Labute approximate surface area is 93.5 Å². The highest BCUT2D eigenvalue weighted by Crippen LogP contribution is 2.39. The van der Waals surface area contributed by atoms with Gasteiger partial charge in [-0.1, -0.05) is 0 Å². The highest BCUT2D eigenvalue weighted by atomic mass is 32.2. The van der Waals surface area contributed by atoms with E-state index < -0.39 is 33.9 Å². The van der Waals surface area contributed by atoms with Crippen LogP contribution in [-0.4, -0.2) is 36.7 Å². The van der Waals surface area contributed by atoms with Crippen molar-refractivity contribution >= 4 is 16.1 Å². The average molecular weight is 280 g/mol. The maximum Gasteiger partial charge on any atom is 0.451 e. The van der Waals surface area contributed by atoms with Gasteiger partial charge in [0.15, 0.2) is 0 Å². The Hall–Kier alpha value is -0.900. The SMILES string of the molecule is O=C(OCC1CC1)C(F)(C(F)(F)F)S(=O)(=O)O. The van der Waals surface area contributed by atoms with E-state index in [-0.39, 0.29) is 5.92 Å². The van der Waals surface area contributed by atoms with Crippen LogP contribution < -0.4 is 0 Å². The fourth-order valence-corrected chi connectivity index (χ4v) is 1.50. The number of alkyl halides is 4. The summed E-state index contributed by atoms with van der Waals surface area (Å²) in [5.74, 6) is -2.85. The summed E-state index contributed by atoms with van der Waals surface area (Å²) in [6.45, 7) is -0.504. The second kappa shape index (κ2) is 4.09. The van der Waals surface area contributed by atoms with Crippen molar-refractivity contribution in [2.75, 3.05) is 6.61 Å². The molecule has 0 amide bonds. The molecule has 1 aliphatic carbocycles. The number of rotatable bonds is 4. The molecule has 1 unspecified atom stereocenters. The summed E-state index contributed by atoms with van der Waals surface area (Å²) < 4.78 is 82.6. The molecule has 0 bridgehead atoms. The van der Waals surface area contributed by atoms with Gasteiger partial charge in [0.2, 0.25) is 0 Å². The molecule has 1 aliphatic rings. The van der Waals surface area contributed by atoms with Gasteiger partial charge in [-0.25, -0.2) is 9.18 Å². The van der Waals surface area contributed by atoms with Crippen LogP contribution in [-0.2, 0) is 19.6 Å². The fraction of sp³-hybridized carbons (Fsp3) is 0.857. The Bertz CT molecular complexity index is 412. The van der Waals surface area contributed by atoms with Gasteiger partial charge >= 0.3 is 27.3 Å². The van der Waals surface area contributed by atoms with Gasteiger partial charge in [-0.2, -0.15) is 21.6 Å². The maximum atomic E-state index is 13.2. The van der Waals surface area contributed by atoms with Crippen molar-refractivity contribution in [3.05, 3.63) is 0 Å². The Balaban J connectivity index is 2.93. The van der Waals surface area contributed by atoms with Crippen LogP contribution >= 0.6 is 0 Å². The zero-order valence-electron chi connectivity index (χ0n) is 8.20. The summed E-state index contributed by atoms with van der Waals surface area (Å²) in [5.41, 5.74) is 0. The third kappa shape index (κ3) is 2.68. The van der Waals surface area contributed by atoms with E-state index in [4.69, 9.17) is 4.55 Å². The molecule has 5 nitrogen and oxygen atoms in total. The lowest BCUT2D eigenvalue weighted by Gasteiger charge is -2.22. The summed E-state index contributed by atoms with van der Waals surface area (Å²) in [4.78, 5) is 10.8. The number of esters is 1. The average Bonchev–Trinajstić information content (AvgIpc) is 2.92. The summed E-state index contributed by atoms with van der Waals surface area (Å²) >= 11 is 0. The predicted molar refractivity (Wildman–Crippen MR) is 45.1 cm³/mol. The Kier molecular flexibility index (Phi) is 3.41. The van der Waals surface area contributed by atoms with Crippen molar-refractivity contribution in [3.63, 3.8) is 0 Å². The lowest BCUT2D eigenvalue weighted by molar-refractivity contribution is -0.215. The smallest absolute Gasteiger partial charge is 0.451 e. The van der Waals surface area contributed by atoms with Crippen LogP contribution in [0.3, 0.4) is 0 Å². The molecule has 0 saturated heterocycles. The van der Waals surface area contributed by atoms with E-state index in [0.717, 1.165) is 0 Å². The minimum absolute atomic E-state index is 0.183. The van der Waals surface area contributed by atoms with Crippen molar-refractivity contribution < 1.29 is 40.1 Å². The summed E-state index contributed by atoms with van der Waals surface area (Å²) in [6, 6.07) is 0. The third-order valence-electron chi connectivity index (χ3n) is 2.13.